The number of fused-ring (bicyclic) bond motifs is 3. The maximum Gasteiger partial charge on any atom is 0.390 e. The van der Waals surface area contributed by atoms with Crippen LogP contribution in [0.15, 0.2) is 41.5 Å². The Labute approximate surface area is 201 Å². The number of nitrogens with zero attached hydrogens (tertiary/aromatic N) is 4. The van der Waals surface area contributed by atoms with Crippen LogP contribution in [0.3, 0.4) is 0 Å². The van der Waals surface area contributed by atoms with Crippen LogP contribution in [0.1, 0.15) is 37.4 Å². The predicted octanol–water partition coefficient (Wildman–Crippen LogP) is 2.84. The van der Waals surface area contributed by atoms with Crippen LogP contribution >= 0.6 is 0 Å². The first-order chi connectivity index (χ1) is 16.8. The Balaban J connectivity index is 1.54. The van der Waals surface area contributed by atoms with Crippen molar-refractivity contribution in [1.82, 2.24) is 19.4 Å². The first-order valence-corrected chi connectivity index (χ1v) is 12.2. The predicted molar refractivity (Wildman–Crippen MR) is 122 cm³/mol. The molecule has 3 aliphatic heterocycles. The third kappa shape index (κ3) is 4.38. The van der Waals surface area contributed by atoms with Crippen molar-refractivity contribution in [3.05, 3.63) is 52.7 Å². The molecular formula is C25H29F3N4O3. The molecule has 2 aromatic rings. The second kappa shape index (κ2) is 9.39. The van der Waals surface area contributed by atoms with Gasteiger partial charge in [0, 0.05) is 68.3 Å². The third-order valence-electron chi connectivity index (χ3n) is 7.76. The molecule has 10 heteroatoms. The number of hydrogen-bond donors (Lipinski definition) is 1. The van der Waals surface area contributed by atoms with E-state index in [0.717, 1.165) is 19.3 Å². The average Bonchev–Trinajstić information content (AvgIpc) is 3.38. The number of aromatic nitrogens is 2. The molecule has 0 unspecified atom stereocenters. The van der Waals surface area contributed by atoms with Gasteiger partial charge in [-0.3, -0.25) is 19.5 Å². The first kappa shape index (κ1) is 24.0. The van der Waals surface area contributed by atoms with Crippen LogP contribution in [0.25, 0.3) is 11.1 Å². The van der Waals surface area contributed by atoms with Crippen molar-refractivity contribution >= 4 is 5.91 Å². The number of aliphatic hydroxyl groups is 1. The van der Waals surface area contributed by atoms with Gasteiger partial charge in [0.15, 0.2) is 0 Å². The molecule has 0 saturated carbocycles. The molecule has 7 nitrogen and oxygen atoms in total. The Morgan fingerprint density at radius 1 is 1.09 bits per heavy atom. The fourth-order valence-corrected chi connectivity index (χ4v) is 6.15. The van der Waals surface area contributed by atoms with Gasteiger partial charge in [-0.2, -0.15) is 13.2 Å². The molecule has 5 rings (SSSR count). The molecule has 0 aliphatic carbocycles. The summed E-state index contributed by atoms with van der Waals surface area (Å²) >= 11 is 0. The van der Waals surface area contributed by atoms with E-state index in [-0.39, 0.29) is 37.1 Å². The van der Waals surface area contributed by atoms with Crippen LogP contribution in [0.4, 0.5) is 13.2 Å². The second-order valence-electron chi connectivity index (χ2n) is 9.71. The highest BCUT2D eigenvalue weighted by Crippen LogP contribution is 2.50. The van der Waals surface area contributed by atoms with Crippen LogP contribution in [0, 0.1) is 11.8 Å². The van der Waals surface area contributed by atoms with Crippen molar-refractivity contribution in [2.45, 2.75) is 50.5 Å². The highest BCUT2D eigenvalue weighted by Gasteiger charge is 2.56. The highest BCUT2D eigenvalue weighted by atomic mass is 19.4. The Morgan fingerprint density at radius 2 is 1.80 bits per heavy atom. The number of likely N-dealkylation sites (tertiary alicyclic amines) is 2. The minimum Gasteiger partial charge on any atom is -0.396 e. The van der Waals surface area contributed by atoms with Crippen LogP contribution in [0.5, 0.6) is 0 Å². The lowest BCUT2D eigenvalue weighted by molar-refractivity contribution is -0.148. The summed E-state index contributed by atoms with van der Waals surface area (Å²) in [6, 6.07) is 5.58. The summed E-state index contributed by atoms with van der Waals surface area (Å²) in [5.74, 6) is -1.08. The minimum atomic E-state index is -4.38. The van der Waals surface area contributed by atoms with Crippen molar-refractivity contribution in [1.29, 1.82) is 0 Å². The monoisotopic (exact) mass is 490 g/mol. The Hall–Kier alpha value is -2.72. The zero-order valence-electron chi connectivity index (χ0n) is 19.3. The Morgan fingerprint density at radius 3 is 2.46 bits per heavy atom. The van der Waals surface area contributed by atoms with E-state index in [0.29, 0.717) is 29.9 Å². The number of hydrogen-bond acceptors (Lipinski definition) is 5. The lowest BCUT2D eigenvalue weighted by Crippen LogP contribution is -2.51. The molecule has 2 aromatic heterocycles. The molecule has 3 aliphatic rings. The molecule has 1 amide bonds. The molecular weight excluding hydrogens is 461 g/mol. The summed E-state index contributed by atoms with van der Waals surface area (Å²) in [6.07, 6.45) is 0.516. The van der Waals surface area contributed by atoms with Gasteiger partial charge >= 0.3 is 6.18 Å². The number of carbonyl (C=O) groups excluding carboxylic acids is 1. The highest BCUT2D eigenvalue weighted by molar-refractivity contribution is 5.83. The van der Waals surface area contributed by atoms with E-state index in [1.54, 1.807) is 51.0 Å². The maximum atomic E-state index is 13.6. The second-order valence-corrected chi connectivity index (χ2v) is 9.71. The summed E-state index contributed by atoms with van der Waals surface area (Å²) in [7, 11) is 0. The lowest BCUT2D eigenvalue weighted by Gasteiger charge is -2.36. The van der Waals surface area contributed by atoms with Crippen molar-refractivity contribution in [3.63, 3.8) is 0 Å². The zero-order chi connectivity index (χ0) is 24.7. The number of carbonyl (C=O) groups is 1. The van der Waals surface area contributed by atoms with Gasteiger partial charge in [-0.05, 0) is 49.1 Å². The average molecular weight is 491 g/mol. The number of alkyl halides is 3. The van der Waals surface area contributed by atoms with Gasteiger partial charge in [0.25, 0.3) is 5.56 Å². The van der Waals surface area contributed by atoms with Crippen LogP contribution in [-0.4, -0.2) is 68.8 Å². The number of halogens is 3. The summed E-state index contributed by atoms with van der Waals surface area (Å²) in [5.41, 5.74) is 1.57. The normalized spacial score (nSPS) is 26.6. The quantitative estimate of drug-likeness (QED) is 0.698. The number of amides is 1. The first-order valence-electron chi connectivity index (χ1n) is 12.2. The molecule has 4 atom stereocenters. The van der Waals surface area contributed by atoms with Gasteiger partial charge < -0.3 is 14.6 Å². The van der Waals surface area contributed by atoms with Gasteiger partial charge in [0.05, 0.1) is 18.5 Å². The molecule has 0 radical (unpaired) electrons. The van der Waals surface area contributed by atoms with E-state index >= 15 is 0 Å². The molecule has 35 heavy (non-hydrogen) atoms. The van der Waals surface area contributed by atoms with E-state index in [9.17, 15) is 27.9 Å². The van der Waals surface area contributed by atoms with Gasteiger partial charge in [-0.15, -0.1) is 0 Å². The number of pyridine rings is 2. The van der Waals surface area contributed by atoms with Crippen molar-refractivity contribution in [2.24, 2.45) is 11.8 Å². The third-order valence-corrected chi connectivity index (χ3v) is 7.76. The molecule has 5 heterocycles. The van der Waals surface area contributed by atoms with Crippen molar-refractivity contribution < 1.29 is 23.1 Å². The molecule has 2 fully saturated rings. The largest absolute Gasteiger partial charge is 0.396 e. The zero-order valence-corrected chi connectivity index (χ0v) is 19.3. The van der Waals surface area contributed by atoms with Gasteiger partial charge in [-0.25, -0.2) is 0 Å². The molecule has 0 aromatic carbocycles. The molecule has 1 N–H and O–H groups in total. The summed E-state index contributed by atoms with van der Waals surface area (Å²) in [5, 5.41) is 10.3. The van der Waals surface area contributed by atoms with Crippen LogP contribution < -0.4 is 5.56 Å². The fourth-order valence-electron chi connectivity index (χ4n) is 6.15. The lowest BCUT2D eigenvalue weighted by atomic mass is 9.88. The standard InChI is InChI=1S/C25H29F3N4O3/c26-25(27,28)8-13-31-21-18(19(15-33)22(31)24(35)30-11-2-1-3-12-30)14-32-20(21)5-4-17(23(32)34)16-6-9-29-10-7-16/h4-7,9-10,18-19,21-22,33H,1-3,8,11-15H2/t18-,19-,21+,22-/m0/s1. The summed E-state index contributed by atoms with van der Waals surface area (Å²) in [6.45, 7) is 0.747. The van der Waals surface area contributed by atoms with Gasteiger partial charge in [0.1, 0.15) is 0 Å². The molecule has 0 spiro atoms. The fraction of sp³-hybridized carbons (Fsp3) is 0.560. The number of aliphatic hydroxyl groups excluding tert-OH is 1. The molecule has 0 bridgehead atoms. The smallest absolute Gasteiger partial charge is 0.390 e. The summed E-state index contributed by atoms with van der Waals surface area (Å²) < 4.78 is 41.5. The Kier molecular flexibility index (Phi) is 6.43. The number of rotatable bonds is 5. The van der Waals surface area contributed by atoms with E-state index in [1.807, 2.05) is 0 Å². The molecule has 2 saturated heterocycles. The van der Waals surface area contributed by atoms with Crippen molar-refractivity contribution in [2.75, 3.05) is 26.2 Å². The van der Waals surface area contributed by atoms with E-state index < -0.39 is 30.6 Å². The van der Waals surface area contributed by atoms with E-state index in [4.69, 9.17) is 0 Å². The van der Waals surface area contributed by atoms with Crippen molar-refractivity contribution in [3.8, 4) is 11.1 Å². The Bertz CT molecular complexity index is 1130. The number of piperidine rings is 1. The summed E-state index contributed by atoms with van der Waals surface area (Å²) in [4.78, 5) is 34.3. The van der Waals surface area contributed by atoms with Crippen LogP contribution in [0.2, 0.25) is 0 Å². The van der Waals surface area contributed by atoms with Gasteiger partial charge in [-0.1, -0.05) is 0 Å². The van der Waals surface area contributed by atoms with Gasteiger partial charge in [0.2, 0.25) is 5.91 Å². The van der Waals surface area contributed by atoms with E-state index in [2.05, 4.69) is 4.98 Å². The SMILES string of the molecule is O=C([C@@H]1[C@@H](CO)[C@@H]2Cn3c(ccc(-c4ccncc4)c3=O)[C@@H]2N1CCC(F)(F)F)N1CCCCC1. The van der Waals surface area contributed by atoms with E-state index in [1.165, 1.54) is 0 Å². The topological polar surface area (TPSA) is 78.7 Å². The van der Waals surface area contributed by atoms with Crippen LogP contribution in [-0.2, 0) is 11.3 Å². The molecule has 188 valence electrons. The minimum absolute atomic E-state index is 0.206. The maximum absolute atomic E-state index is 13.6.